The lowest BCUT2D eigenvalue weighted by Crippen LogP contribution is -2.15. The summed E-state index contributed by atoms with van der Waals surface area (Å²) in [6.45, 7) is 4.32. The van der Waals surface area contributed by atoms with Crippen molar-refractivity contribution in [1.82, 2.24) is 9.88 Å². The predicted octanol–water partition coefficient (Wildman–Crippen LogP) is 3.51. The first-order chi connectivity index (χ1) is 9.33. The minimum Gasteiger partial charge on any atom is -0.378 e. The van der Waals surface area contributed by atoms with Crippen LogP contribution in [0, 0.1) is 0 Å². The summed E-state index contributed by atoms with van der Waals surface area (Å²) in [7, 11) is 2.05. The highest BCUT2D eigenvalue weighted by Crippen LogP contribution is 2.20. The molecule has 1 fully saturated rings. The molecule has 1 aliphatic heterocycles. The van der Waals surface area contributed by atoms with Gasteiger partial charge < -0.3 is 14.6 Å². The van der Waals surface area contributed by atoms with Gasteiger partial charge in [0.1, 0.15) is 0 Å². The average Bonchev–Trinajstić information content (AvgIpc) is 3.07. The minimum atomic E-state index is 0.504. The van der Waals surface area contributed by atoms with E-state index in [-0.39, 0.29) is 0 Å². The minimum absolute atomic E-state index is 0.504. The molecule has 1 N–H and O–H groups in total. The lowest BCUT2D eigenvalue weighted by Gasteiger charge is -2.13. The summed E-state index contributed by atoms with van der Waals surface area (Å²) < 4.78 is 7.99. The van der Waals surface area contributed by atoms with Gasteiger partial charge in [-0.05, 0) is 50.8 Å². The first kappa shape index (κ1) is 14.6. The third-order valence-corrected chi connectivity index (χ3v) is 4.07. The molecular weight excluding hydrogens is 236 g/mol. The highest BCUT2D eigenvalue weighted by Gasteiger charge is 2.14. The number of hydrogen-bond acceptors (Lipinski definition) is 2. The molecule has 0 amide bonds. The Bertz CT molecular complexity index is 355. The number of nitrogens with one attached hydrogen (secondary N) is 1. The molecule has 1 aromatic heterocycles. The van der Waals surface area contributed by atoms with Crippen molar-refractivity contribution in [1.29, 1.82) is 0 Å². The molecule has 3 heteroatoms. The smallest absolute Gasteiger partial charge is 0.0576 e. The van der Waals surface area contributed by atoms with Gasteiger partial charge in [-0.2, -0.15) is 0 Å². The Morgan fingerprint density at radius 1 is 1.53 bits per heavy atom. The highest BCUT2D eigenvalue weighted by molar-refractivity contribution is 5.15. The van der Waals surface area contributed by atoms with E-state index >= 15 is 0 Å². The second-order valence-electron chi connectivity index (χ2n) is 5.59. The molecule has 0 bridgehead atoms. The maximum absolute atomic E-state index is 5.66. The van der Waals surface area contributed by atoms with Gasteiger partial charge in [0.25, 0.3) is 0 Å². The van der Waals surface area contributed by atoms with Gasteiger partial charge in [-0.15, -0.1) is 0 Å². The molecule has 1 aliphatic rings. The molecule has 0 spiro atoms. The zero-order chi connectivity index (χ0) is 13.5. The van der Waals surface area contributed by atoms with E-state index in [1.54, 1.807) is 0 Å². The molecule has 19 heavy (non-hydrogen) atoms. The predicted molar refractivity (Wildman–Crippen MR) is 79.3 cm³/mol. The summed E-state index contributed by atoms with van der Waals surface area (Å²) in [4.78, 5) is 0. The van der Waals surface area contributed by atoms with Crippen molar-refractivity contribution in [3.8, 4) is 0 Å². The zero-order valence-electron chi connectivity index (χ0n) is 12.4. The fourth-order valence-electron chi connectivity index (χ4n) is 2.94. The molecule has 108 valence electrons. The molecular formula is C16H28N2O. The number of ether oxygens (including phenoxy) is 1. The van der Waals surface area contributed by atoms with Gasteiger partial charge in [0.05, 0.1) is 6.10 Å². The maximum Gasteiger partial charge on any atom is 0.0576 e. The van der Waals surface area contributed by atoms with Crippen molar-refractivity contribution in [2.45, 2.75) is 64.1 Å². The van der Waals surface area contributed by atoms with Crippen LogP contribution in [-0.2, 0) is 11.3 Å². The summed E-state index contributed by atoms with van der Waals surface area (Å²) >= 11 is 0. The molecule has 2 rings (SSSR count). The summed E-state index contributed by atoms with van der Waals surface area (Å²) in [5, 5.41) is 3.40. The summed E-state index contributed by atoms with van der Waals surface area (Å²) in [5.74, 6) is 0. The third kappa shape index (κ3) is 4.36. The lowest BCUT2D eigenvalue weighted by atomic mass is 10.1. The Hall–Kier alpha value is -0.800. The first-order valence-electron chi connectivity index (χ1n) is 7.78. The molecule has 3 nitrogen and oxygen atoms in total. The van der Waals surface area contributed by atoms with Crippen molar-refractivity contribution in [3.05, 3.63) is 24.0 Å². The number of rotatable bonds is 8. The molecule has 2 atom stereocenters. The van der Waals surface area contributed by atoms with Crippen molar-refractivity contribution < 1.29 is 4.74 Å². The molecule has 1 saturated heterocycles. The monoisotopic (exact) mass is 264 g/mol. The summed E-state index contributed by atoms with van der Waals surface area (Å²) in [6.07, 6.45) is 12.4. The zero-order valence-corrected chi connectivity index (χ0v) is 12.4. The highest BCUT2D eigenvalue weighted by atomic mass is 16.5. The van der Waals surface area contributed by atoms with Crippen LogP contribution in [0.5, 0.6) is 0 Å². The Labute approximate surface area is 117 Å². The van der Waals surface area contributed by atoms with Crippen molar-refractivity contribution >= 4 is 0 Å². The van der Waals surface area contributed by atoms with Crippen molar-refractivity contribution in [2.24, 2.45) is 0 Å². The van der Waals surface area contributed by atoms with Gasteiger partial charge in [-0.1, -0.05) is 13.3 Å². The van der Waals surface area contributed by atoms with E-state index in [1.165, 1.54) is 44.1 Å². The fourth-order valence-corrected chi connectivity index (χ4v) is 2.94. The van der Waals surface area contributed by atoms with Gasteiger partial charge in [0.15, 0.2) is 0 Å². The first-order valence-corrected chi connectivity index (χ1v) is 7.78. The quantitative estimate of drug-likeness (QED) is 0.777. The summed E-state index contributed by atoms with van der Waals surface area (Å²) in [6, 6.07) is 2.76. The number of nitrogens with zero attached hydrogens (tertiary/aromatic N) is 1. The van der Waals surface area contributed by atoms with E-state index in [1.807, 2.05) is 0 Å². The van der Waals surface area contributed by atoms with E-state index in [2.05, 4.69) is 42.3 Å². The number of aryl methyl sites for hydroxylation is 1. The van der Waals surface area contributed by atoms with Crippen molar-refractivity contribution in [3.63, 3.8) is 0 Å². The summed E-state index contributed by atoms with van der Waals surface area (Å²) in [5.41, 5.74) is 1.42. The molecule has 2 unspecified atom stereocenters. The van der Waals surface area contributed by atoms with E-state index < -0.39 is 0 Å². The van der Waals surface area contributed by atoms with Gasteiger partial charge in [-0.25, -0.2) is 0 Å². The van der Waals surface area contributed by atoms with Crippen LogP contribution in [-0.4, -0.2) is 24.3 Å². The molecule has 0 saturated carbocycles. The van der Waals surface area contributed by atoms with Gasteiger partial charge >= 0.3 is 0 Å². The van der Waals surface area contributed by atoms with Gasteiger partial charge in [-0.3, -0.25) is 0 Å². The van der Waals surface area contributed by atoms with Crippen LogP contribution in [0.15, 0.2) is 18.5 Å². The fraction of sp³-hybridized carbons (Fsp3) is 0.750. The van der Waals surface area contributed by atoms with Crippen LogP contribution in [0.3, 0.4) is 0 Å². The lowest BCUT2D eigenvalue weighted by molar-refractivity contribution is 0.101. The second kappa shape index (κ2) is 7.71. The molecule has 1 aromatic rings. The van der Waals surface area contributed by atoms with Crippen molar-refractivity contribution in [2.75, 3.05) is 13.7 Å². The van der Waals surface area contributed by atoms with E-state index in [4.69, 9.17) is 4.74 Å². The number of aromatic nitrogens is 1. The maximum atomic E-state index is 5.66. The second-order valence-corrected chi connectivity index (χ2v) is 5.59. The van der Waals surface area contributed by atoms with E-state index in [0.717, 1.165) is 13.2 Å². The molecule has 0 radical (unpaired) electrons. The van der Waals surface area contributed by atoms with Crippen LogP contribution in [0.2, 0.25) is 0 Å². The van der Waals surface area contributed by atoms with Gasteiger partial charge in [0.2, 0.25) is 0 Å². The Balaban J connectivity index is 1.76. The van der Waals surface area contributed by atoms with Crippen LogP contribution >= 0.6 is 0 Å². The largest absolute Gasteiger partial charge is 0.378 e. The SMILES string of the molecule is CCCC(NC)c1ccn(CCCC2CCCO2)c1. The van der Waals surface area contributed by atoms with Crippen LogP contribution in [0.4, 0.5) is 0 Å². The normalized spacial score (nSPS) is 20.8. The molecule has 0 aliphatic carbocycles. The molecule has 0 aromatic carbocycles. The number of hydrogen-bond donors (Lipinski definition) is 1. The Morgan fingerprint density at radius 3 is 3.11 bits per heavy atom. The van der Waals surface area contributed by atoms with Crippen LogP contribution in [0.1, 0.15) is 57.1 Å². The molecule has 2 heterocycles. The topological polar surface area (TPSA) is 26.2 Å². The average molecular weight is 264 g/mol. The van der Waals surface area contributed by atoms with E-state index in [9.17, 15) is 0 Å². The Kier molecular flexibility index (Phi) is 5.93. The van der Waals surface area contributed by atoms with E-state index in [0.29, 0.717) is 12.1 Å². The van der Waals surface area contributed by atoms with Gasteiger partial charge in [0, 0.05) is 31.6 Å². The third-order valence-electron chi connectivity index (χ3n) is 4.07. The Morgan fingerprint density at radius 2 is 2.42 bits per heavy atom. The van der Waals surface area contributed by atoms with Crippen LogP contribution in [0.25, 0.3) is 0 Å². The standard InChI is InChI=1S/C16H28N2O/c1-3-6-16(17-2)14-9-11-18(13-14)10-4-7-15-8-5-12-19-15/h9,11,13,15-17H,3-8,10,12H2,1-2H3. The van der Waals surface area contributed by atoms with Crippen LogP contribution < -0.4 is 5.32 Å².